The third kappa shape index (κ3) is 4.66. The van der Waals surface area contributed by atoms with Crippen LogP contribution in [-0.2, 0) is 4.79 Å². The zero-order valence-corrected chi connectivity index (χ0v) is 11.9. The van der Waals surface area contributed by atoms with Crippen molar-refractivity contribution in [1.29, 1.82) is 5.26 Å². The van der Waals surface area contributed by atoms with Crippen LogP contribution in [0.15, 0.2) is 48.5 Å². The first-order valence-electron chi connectivity index (χ1n) is 6.78. The van der Waals surface area contributed by atoms with Gasteiger partial charge in [-0.3, -0.25) is 4.79 Å². The van der Waals surface area contributed by atoms with Crippen LogP contribution in [0.2, 0.25) is 0 Å². The SMILES string of the molecule is Cc1cccc(NC(=O)CCNc2cccc(C#N)c2)c1. The number of hydrogen-bond donors (Lipinski definition) is 2. The summed E-state index contributed by atoms with van der Waals surface area (Å²) in [5, 5.41) is 14.8. The second-order valence-electron chi connectivity index (χ2n) is 4.79. The molecule has 0 radical (unpaired) electrons. The molecule has 2 aromatic rings. The molecule has 0 aromatic heterocycles. The van der Waals surface area contributed by atoms with Crippen LogP contribution in [0.4, 0.5) is 11.4 Å². The second-order valence-corrected chi connectivity index (χ2v) is 4.79. The summed E-state index contributed by atoms with van der Waals surface area (Å²) in [7, 11) is 0. The lowest BCUT2D eigenvalue weighted by atomic mass is 10.2. The molecular formula is C17H17N3O. The van der Waals surface area contributed by atoms with E-state index in [1.165, 1.54) is 0 Å². The number of carbonyl (C=O) groups is 1. The van der Waals surface area contributed by atoms with Crippen LogP contribution in [0, 0.1) is 18.3 Å². The second kappa shape index (κ2) is 7.11. The van der Waals surface area contributed by atoms with Gasteiger partial charge in [0.1, 0.15) is 0 Å². The molecule has 4 heteroatoms. The van der Waals surface area contributed by atoms with Gasteiger partial charge in [0, 0.05) is 24.3 Å². The molecule has 0 aliphatic heterocycles. The predicted octanol–water partition coefficient (Wildman–Crippen LogP) is 3.31. The van der Waals surface area contributed by atoms with Gasteiger partial charge in [0.2, 0.25) is 5.91 Å². The van der Waals surface area contributed by atoms with Crippen molar-refractivity contribution in [2.75, 3.05) is 17.2 Å². The molecule has 0 fully saturated rings. The minimum absolute atomic E-state index is 0.0375. The van der Waals surface area contributed by atoms with Crippen LogP contribution in [0.25, 0.3) is 0 Å². The molecular weight excluding hydrogens is 262 g/mol. The fourth-order valence-electron chi connectivity index (χ4n) is 1.97. The third-order valence-corrected chi connectivity index (χ3v) is 2.97. The number of amides is 1. The minimum Gasteiger partial charge on any atom is -0.384 e. The van der Waals surface area contributed by atoms with Crippen molar-refractivity contribution in [3.8, 4) is 6.07 Å². The quantitative estimate of drug-likeness (QED) is 0.882. The zero-order chi connectivity index (χ0) is 15.1. The standard InChI is InChI=1S/C17H17N3O/c1-13-4-2-7-16(10-13)20-17(21)8-9-19-15-6-3-5-14(11-15)12-18/h2-7,10-11,19H,8-9H2,1H3,(H,20,21). The predicted molar refractivity (Wildman–Crippen MR) is 84.1 cm³/mol. The first-order valence-corrected chi connectivity index (χ1v) is 6.78. The number of benzene rings is 2. The number of hydrogen-bond acceptors (Lipinski definition) is 3. The van der Waals surface area contributed by atoms with Crippen molar-refractivity contribution in [3.05, 3.63) is 59.7 Å². The van der Waals surface area contributed by atoms with Gasteiger partial charge in [0.05, 0.1) is 11.6 Å². The van der Waals surface area contributed by atoms with Gasteiger partial charge in [0.15, 0.2) is 0 Å². The van der Waals surface area contributed by atoms with Crippen LogP contribution in [-0.4, -0.2) is 12.5 Å². The van der Waals surface area contributed by atoms with E-state index in [-0.39, 0.29) is 5.91 Å². The highest BCUT2D eigenvalue weighted by atomic mass is 16.1. The molecule has 0 bridgehead atoms. The van der Waals surface area contributed by atoms with Crippen molar-refractivity contribution in [1.82, 2.24) is 0 Å². The van der Waals surface area contributed by atoms with E-state index < -0.39 is 0 Å². The molecule has 0 spiro atoms. The molecule has 21 heavy (non-hydrogen) atoms. The third-order valence-electron chi connectivity index (χ3n) is 2.97. The average Bonchev–Trinajstić information content (AvgIpc) is 2.47. The number of carbonyl (C=O) groups excluding carboxylic acids is 1. The largest absolute Gasteiger partial charge is 0.384 e. The number of nitrogens with one attached hydrogen (secondary N) is 2. The van der Waals surface area contributed by atoms with Gasteiger partial charge in [-0.2, -0.15) is 5.26 Å². The van der Waals surface area contributed by atoms with Crippen LogP contribution >= 0.6 is 0 Å². The van der Waals surface area contributed by atoms with E-state index in [0.29, 0.717) is 18.5 Å². The number of aryl methyl sites for hydroxylation is 1. The topological polar surface area (TPSA) is 64.9 Å². The maximum atomic E-state index is 11.8. The molecule has 0 atom stereocenters. The van der Waals surface area contributed by atoms with E-state index in [0.717, 1.165) is 16.9 Å². The Kier molecular flexibility index (Phi) is 4.94. The van der Waals surface area contributed by atoms with Crippen LogP contribution in [0.3, 0.4) is 0 Å². The summed E-state index contributed by atoms with van der Waals surface area (Å²) in [6.07, 6.45) is 0.366. The Hall–Kier alpha value is -2.80. The summed E-state index contributed by atoms with van der Waals surface area (Å²) < 4.78 is 0. The summed E-state index contributed by atoms with van der Waals surface area (Å²) in [6.45, 7) is 2.51. The van der Waals surface area contributed by atoms with Crippen molar-refractivity contribution in [3.63, 3.8) is 0 Å². The Morgan fingerprint density at radius 3 is 2.67 bits per heavy atom. The Morgan fingerprint density at radius 1 is 1.14 bits per heavy atom. The van der Waals surface area contributed by atoms with Crippen LogP contribution in [0.5, 0.6) is 0 Å². The highest BCUT2D eigenvalue weighted by Crippen LogP contribution is 2.11. The zero-order valence-electron chi connectivity index (χ0n) is 11.9. The van der Waals surface area contributed by atoms with E-state index in [1.54, 1.807) is 12.1 Å². The molecule has 2 N–H and O–H groups in total. The molecule has 0 saturated heterocycles. The molecule has 0 saturated carbocycles. The van der Waals surface area contributed by atoms with Gasteiger partial charge in [0.25, 0.3) is 0 Å². The molecule has 0 unspecified atom stereocenters. The Morgan fingerprint density at radius 2 is 1.90 bits per heavy atom. The smallest absolute Gasteiger partial charge is 0.226 e. The van der Waals surface area contributed by atoms with Crippen LogP contribution < -0.4 is 10.6 Å². The van der Waals surface area contributed by atoms with Crippen molar-refractivity contribution in [2.24, 2.45) is 0 Å². The fourth-order valence-corrected chi connectivity index (χ4v) is 1.97. The van der Waals surface area contributed by atoms with E-state index in [2.05, 4.69) is 16.7 Å². The first kappa shape index (κ1) is 14.6. The lowest BCUT2D eigenvalue weighted by molar-refractivity contribution is -0.115. The van der Waals surface area contributed by atoms with Gasteiger partial charge in [-0.1, -0.05) is 18.2 Å². The van der Waals surface area contributed by atoms with Gasteiger partial charge in [-0.05, 0) is 42.8 Å². The van der Waals surface area contributed by atoms with Gasteiger partial charge in [-0.15, -0.1) is 0 Å². The van der Waals surface area contributed by atoms with Gasteiger partial charge >= 0.3 is 0 Å². The maximum Gasteiger partial charge on any atom is 0.226 e. The Labute approximate surface area is 124 Å². The number of nitrogens with zero attached hydrogens (tertiary/aromatic N) is 1. The Bertz CT molecular complexity index is 674. The van der Waals surface area contributed by atoms with E-state index in [9.17, 15) is 4.79 Å². The number of nitriles is 1. The molecule has 1 amide bonds. The summed E-state index contributed by atoms with van der Waals surface area (Å²) in [5.41, 5.74) is 3.37. The molecule has 4 nitrogen and oxygen atoms in total. The number of anilines is 2. The summed E-state index contributed by atoms with van der Waals surface area (Å²) in [5.74, 6) is -0.0375. The van der Waals surface area contributed by atoms with Gasteiger partial charge < -0.3 is 10.6 Å². The average molecular weight is 279 g/mol. The molecule has 0 aliphatic rings. The van der Waals surface area contributed by atoms with E-state index >= 15 is 0 Å². The summed E-state index contributed by atoms with van der Waals surface area (Å²) in [4.78, 5) is 11.8. The molecule has 2 aromatic carbocycles. The number of rotatable bonds is 5. The van der Waals surface area contributed by atoms with E-state index in [1.807, 2.05) is 43.3 Å². The normalized spacial score (nSPS) is 9.71. The first-order chi connectivity index (χ1) is 10.2. The minimum atomic E-state index is -0.0375. The monoisotopic (exact) mass is 279 g/mol. The maximum absolute atomic E-state index is 11.8. The molecule has 0 aliphatic carbocycles. The van der Waals surface area contributed by atoms with Crippen molar-refractivity contribution >= 4 is 17.3 Å². The highest BCUT2D eigenvalue weighted by Gasteiger charge is 2.02. The highest BCUT2D eigenvalue weighted by molar-refractivity contribution is 5.91. The lowest BCUT2D eigenvalue weighted by Gasteiger charge is -2.08. The van der Waals surface area contributed by atoms with Gasteiger partial charge in [-0.25, -0.2) is 0 Å². The summed E-state index contributed by atoms with van der Waals surface area (Å²) in [6, 6.07) is 17.0. The molecule has 106 valence electrons. The van der Waals surface area contributed by atoms with Crippen molar-refractivity contribution < 1.29 is 4.79 Å². The molecule has 0 heterocycles. The van der Waals surface area contributed by atoms with Crippen LogP contribution in [0.1, 0.15) is 17.5 Å². The Balaban J connectivity index is 1.80. The van der Waals surface area contributed by atoms with Crippen molar-refractivity contribution in [2.45, 2.75) is 13.3 Å². The lowest BCUT2D eigenvalue weighted by Crippen LogP contribution is -2.16. The fraction of sp³-hybridized carbons (Fsp3) is 0.176. The molecule has 2 rings (SSSR count). The van der Waals surface area contributed by atoms with E-state index in [4.69, 9.17) is 5.26 Å². The summed E-state index contributed by atoms with van der Waals surface area (Å²) >= 11 is 0.